The van der Waals surface area contributed by atoms with Crippen LogP contribution in [0.2, 0.25) is 18.1 Å². The van der Waals surface area contributed by atoms with Gasteiger partial charge >= 0.3 is 15.6 Å². The molecule has 4 unspecified atom stereocenters. The highest BCUT2D eigenvalue weighted by atomic mass is 31.2. The van der Waals surface area contributed by atoms with Gasteiger partial charge in [0.2, 0.25) is 17.8 Å². The normalized spacial score (nSPS) is 28.9. The molecular formula is C37H60N12O18P2Si. The first-order valence-electron chi connectivity index (χ1n) is 22.1. The van der Waals surface area contributed by atoms with E-state index in [0.29, 0.717) is 39.6 Å². The zero-order valence-electron chi connectivity index (χ0n) is 39.0. The predicted octanol–water partition coefficient (Wildman–Crippen LogP) is -0.480. The molecule has 33 heteroatoms. The third-order valence-electron chi connectivity index (χ3n) is 11.8. The van der Waals surface area contributed by atoms with E-state index in [9.17, 15) is 33.3 Å². The van der Waals surface area contributed by atoms with Crippen molar-refractivity contribution in [1.29, 1.82) is 0 Å². The van der Waals surface area contributed by atoms with Gasteiger partial charge in [-0.1, -0.05) is 20.8 Å². The fraction of sp³-hybridized carbons (Fsp3) is 0.703. The van der Waals surface area contributed by atoms with Crippen LogP contribution in [0.3, 0.4) is 0 Å². The number of aromatic nitrogens is 8. The lowest BCUT2D eigenvalue weighted by Crippen LogP contribution is -2.49. The van der Waals surface area contributed by atoms with E-state index in [1.54, 1.807) is 0 Å². The lowest BCUT2D eigenvalue weighted by atomic mass is 10.1. The molecule has 0 spiro atoms. The van der Waals surface area contributed by atoms with Gasteiger partial charge in [-0.05, 0) is 18.1 Å². The second-order valence-corrected chi connectivity index (χ2v) is 25.3. The van der Waals surface area contributed by atoms with Crippen LogP contribution >= 0.6 is 15.6 Å². The molecular weight excluding hydrogens is 991 g/mol. The molecule has 7 heterocycles. The number of ether oxygens (including phenoxy) is 6. The number of carbonyl (C=O) groups excluding carboxylic acids is 1. The van der Waals surface area contributed by atoms with Crippen LogP contribution in [0.15, 0.2) is 22.2 Å². The maximum atomic E-state index is 14.1. The number of fused-ring (bicyclic) bond motifs is 4. The largest absolute Gasteiger partial charge is 0.472 e. The number of H-pyrrole nitrogens is 2. The second kappa shape index (κ2) is 22.3. The molecule has 10 atom stereocenters. The molecule has 3 saturated heterocycles. The molecule has 30 nitrogen and oxygen atoms in total. The Bertz CT molecular complexity index is 2660. The van der Waals surface area contributed by atoms with E-state index in [4.69, 9.17) is 68.1 Å². The number of imidazole rings is 2. The van der Waals surface area contributed by atoms with Gasteiger partial charge in [-0.25, -0.2) is 19.1 Å². The summed E-state index contributed by atoms with van der Waals surface area (Å²) in [5.41, 5.74) is 15.3. The first kappa shape index (κ1) is 53.7. The maximum Gasteiger partial charge on any atom is 0.472 e. The SMILES string of the molecule is CC(C)(C)[Si](C)(C)OC1[C@H]2OP(=O)(O)OC[C@H]3O[C@@H](n4cnc5c(=O)[nH]c(N)nc54)C(NC(=O)CCOCCOCCOCCOCCN)[C@H]3OP(=O)(O)OC[C@H]2O[C@H]1n1cnc2c(=O)[nH]c(N)nc21. The number of nitrogen functional groups attached to an aromatic ring is 2. The number of amides is 1. The minimum absolute atomic E-state index is 0.0346. The van der Waals surface area contributed by atoms with Crippen molar-refractivity contribution < 1.29 is 74.7 Å². The minimum atomic E-state index is -5.26. The number of anilines is 2. The van der Waals surface area contributed by atoms with Gasteiger partial charge in [0.25, 0.3) is 11.1 Å². The Labute approximate surface area is 399 Å². The van der Waals surface area contributed by atoms with Gasteiger partial charge in [0.15, 0.2) is 43.1 Å². The lowest BCUT2D eigenvalue weighted by Gasteiger charge is -2.40. The highest BCUT2D eigenvalue weighted by Crippen LogP contribution is 2.55. The molecule has 390 valence electrons. The Morgan fingerprint density at radius 2 is 1.24 bits per heavy atom. The standard InChI is InChI=1S/C37H60N12O18P2Si/c1-37(2,3)70(4,5)67-28-27-21(64-34(28)49-19-42-25-30(49)45-36(40)47-32(25)52)17-62-68(53,54)65-26-20(16-61-69(55,56)66-27)63-33(48-18-41-24-29(48)44-35(39)46-31(24)51)23(26)43-22(50)6-8-57-10-12-59-14-15-60-13-11-58-9-7-38/h18-21,23,26-28,33-34H,6-17,38H2,1-5H3,(H,43,50)(H,53,54)(H,55,56)(H3,39,44,46,51)(H3,40,45,47,52)/t20-,21-,23?,26+,27+,28?,33-,34-/m1/s1. The average molecular weight is 1050 g/mol. The number of carbonyl (C=O) groups is 1. The van der Waals surface area contributed by atoms with Gasteiger partial charge in [-0.3, -0.25) is 51.6 Å². The summed E-state index contributed by atoms with van der Waals surface area (Å²) in [7, 11) is -13.4. The van der Waals surface area contributed by atoms with Crippen molar-refractivity contribution in [2.45, 2.75) is 94.3 Å². The van der Waals surface area contributed by atoms with Crippen LogP contribution in [0.5, 0.6) is 0 Å². The first-order valence-corrected chi connectivity index (χ1v) is 28.0. The van der Waals surface area contributed by atoms with Crippen LogP contribution in [-0.4, -0.2) is 172 Å². The lowest BCUT2D eigenvalue weighted by molar-refractivity contribution is -0.124. The number of aromatic amines is 2. The van der Waals surface area contributed by atoms with Crippen molar-refractivity contribution >= 4 is 64.1 Å². The van der Waals surface area contributed by atoms with E-state index in [-0.39, 0.29) is 60.5 Å². The highest BCUT2D eigenvalue weighted by Gasteiger charge is 2.57. The summed E-state index contributed by atoms with van der Waals surface area (Å²) in [5, 5.41) is 2.28. The van der Waals surface area contributed by atoms with E-state index in [1.165, 1.54) is 15.5 Å². The summed E-state index contributed by atoms with van der Waals surface area (Å²) < 4.78 is 94.8. The van der Waals surface area contributed by atoms with Crippen LogP contribution in [0, 0.1) is 0 Å². The molecule has 70 heavy (non-hydrogen) atoms. The van der Waals surface area contributed by atoms with Crippen molar-refractivity contribution in [3.05, 3.63) is 33.4 Å². The fourth-order valence-electron chi connectivity index (χ4n) is 7.46. The molecule has 0 aromatic carbocycles. The summed E-state index contributed by atoms with van der Waals surface area (Å²) in [6.07, 6.45) is -8.20. The Balaban J connectivity index is 1.12. The van der Waals surface area contributed by atoms with Gasteiger partial charge < -0.3 is 65.2 Å². The van der Waals surface area contributed by atoms with Crippen LogP contribution in [0.25, 0.3) is 22.3 Å². The summed E-state index contributed by atoms with van der Waals surface area (Å²) in [6.45, 7) is 10.5. The second-order valence-electron chi connectivity index (χ2n) is 17.8. The van der Waals surface area contributed by atoms with E-state index in [1.807, 2.05) is 33.9 Å². The molecule has 0 aliphatic carbocycles. The molecule has 0 radical (unpaired) electrons. The number of phosphoric ester groups is 2. The smallest absolute Gasteiger partial charge is 0.407 e. The van der Waals surface area contributed by atoms with Gasteiger partial charge in [0.1, 0.15) is 36.6 Å². The molecule has 3 aliphatic heterocycles. The zero-order chi connectivity index (χ0) is 50.6. The van der Waals surface area contributed by atoms with Crippen molar-refractivity contribution in [2.75, 3.05) is 84.1 Å². The van der Waals surface area contributed by atoms with E-state index < -0.39 is 108 Å². The molecule has 3 fully saturated rings. The molecule has 0 saturated carbocycles. The van der Waals surface area contributed by atoms with Crippen LogP contribution < -0.4 is 33.6 Å². The highest BCUT2D eigenvalue weighted by molar-refractivity contribution is 7.47. The molecule has 4 aromatic heterocycles. The number of rotatable bonds is 19. The number of hydrogen-bond donors (Lipinski definition) is 8. The Morgan fingerprint density at radius 3 is 1.76 bits per heavy atom. The number of nitrogens with zero attached hydrogens (tertiary/aromatic N) is 6. The Morgan fingerprint density at radius 1 is 0.786 bits per heavy atom. The van der Waals surface area contributed by atoms with Gasteiger partial charge in [-0.15, -0.1) is 0 Å². The van der Waals surface area contributed by atoms with Crippen LogP contribution in [-0.2, 0) is 64.9 Å². The summed E-state index contributed by atoms with van der Waals surface area (Å²) in [6, 6.07) is -1.45. The Hall–Kier alpha value is -4.11. The molecule has 0 bridgehead atoms. The zero-order valence-corrected chi connectivity index (χ0v) is 41.8. The Kier molecular flexibility index (Phi) is 17.1. The van der Waals surface area contributed by atoms with E-state index >= 15 is 0 Å². The summed E-state index contributed by atoms with van der Waals surface area (Å²) in [5.74, 6) is -1.20. The van der Waals surface area contributed by atoms with Crippen molar-refractivity contribution in [3.8, 4) is 0 Å². The monoisotopic (exact) mass is 1050 g/mol. The maximum absolute atomic E-state index is 14.1. The number of nitrogens with two attached hydrogens (primary N) is 3. The van der Waals surface area contributed by atoms with Gasteiger partial charge in [0.05, 0.1) is 78.7 Å². The van der Waals surface area contributed by atoms with Crippen molar-refractivity contribution in [2.24, 2.45) is 5.73 Å². The molecule has 4 aromatic rings. The third kappa shape index (κ3) is 12.7. The van der Waals surface area contributed by atoms with Crippen molar-refractivity contribution in [1.82, 2.24) is 44.4 Å². The third-order valence-corrected chi connectivity index (χ3v) is 18.3. The number of hydrogen-bond acceptors (Lipinski definition) is 23. The average Bonchev–Trinajstić information content (AvgIpc) is 4.04. The molecule has 3 aliphatic rings. The van der Waals surface area contributed by atoms with E-state index in [0.717, 1.165) is 6.33 Å². The van der Waals surface area contributed by atoms with Gasteiger partial charge in [0, 0.05) is 13.0 Å². The van der Waals surface area contributed by atoms with Crippen LogP contribution in [0.4, 0.5) is 11.9 Å². The van der Waals surface area contributed by atoms with Gasteiger partial charge in [-0.2, -0.15) is 9.97 Å². The predicted molar refractivity (Wildman–Crippen MR) is 245 cm³/mol. The van der Waals surface area contributed by atoms with Crippen LogP contribution in [0.1, 0.15) is 39.6 Å². The quantitative estimate of drug-likeness (QED) is 0.0334. The molecule has 1 amide bonds. The molecule has 11 N–H and O–H groups in total. The number of nitrogens with one attached hydrogen (secondary N) is 3. The number of phosphoric acid groups is 2. The van der Waals surface area contributed by atoms with Crippen molar-refractivity contribution in [3.63, 3.8) is 0 Å². The summed E-state index contributed by atoms with van der Waals surface area (Å²) in [4.78, 5) is 83.5. The first-order chi connectivity index (χ1) is 33.1. The molecule has 7 rings (SSSR count). The fourth-order valence-corrected chi connectivity index (χ4v) is 10.7. The summed E-state index contributed by atoms with van der Waals surface area (Å²) >= 11 is 0. The minimum Gasteiger partial charge on any atom is -0.407 e. The van der Waals surface area contributed by atoms with E-state index in [2.05, 4.69) is 35.2 Å². The topological polar surface area (TPSA) is 410 Å².